The molecule has 0 bridgehead atoms. The molecule has 3 rings (SSSR count). The van der Waals surface area contributed by atoms with Gasteiger partial charge in [-0.3, -0.25) is 9.48 Å². The van der Waals surface area contributed by atoms with Gasteiger partial charge < -0.3 is 9.84 Å². The Kier molecular flexibility index (Phi) is 5.68. The van der Waals surface area contributed by atoms with Crippen LogP contribution in [0.5, 0.6) is 5.75 Å². The number of nitrogens with zero attached hydrogens (tertiary/aromatic N) is 2. The van der Waals surface area contributed by atoms with Crippen LogP contribution in [-0.2, 0) is 22.9 Å². The lowest BCUT2D eigenvalue weighted by molar-refractivity contribution is -0.137. The van der Waals surface area contributed by atoms with E-state index in [4.69, 9.17) is 4.74 Å². The van der Waals surface area contributed by atoms with E-state index >= 15 is 0 Å². The summed E-state index contributed by atoms with van der Waals surface area (Å²) in [6.07, 6.45) is -0.463. The zero-order valence-electron chi connectivity index (χ0n) is 15.8. The first kappa shape index (κ1) is 20.9. The molecule has 0 aliphatic heterocycles. The maximum absolute atomic E-state index is 13.2. The van der Waals surface area contributed by atoms with Crippen molar-refractivity contribution in [2.75, 3.05) is 6.61 Å². The topological polar surface area (TPSA) is 81.4 Å². The third-order valence-electron chi connectivity index (χ3n) is 5.24. The highest BCUT2D eigenvalue weighted by atomic mass is 19.4. The summed E-state index contributed by atoms with van der Waals surface area (Å²) in [4.78, 5) is 24.0. The van der Waals surface area contributed by atoms with E-state index in [1.807, 2.05) is 0 Å². The van der Waals surface area contributed by atoms with Gasteiger partial charge in [0.05, 0.1) is 24.9 Å². The number of benzene rings is 1. The largest absolute Gasteiger partial charge is 0.503 e. The third-order valence-corrected chi connectivity index (χ3v) is 5.24. The average molecular weight is 410 g/mol. The molecule has 1 aromatic carbocycles. The first-order valence-electron chi connectivity index (χ1n) is 9.32. The molecule has 1 aliphatic carbocycles. The second kappa shape index (κ2) is 7.88. The number of ether oxygens (including phenoxy) is 1. The second-order valence-electron chi connectivity index (χ2n) is 7.18. The number of rotatable bonds is 5. The molecule has 0 radical (unpaired) electrons. The maximum atomic E-state index is 13.2. The fourth-order valence-electron chi connectivity index (χ4n) is 3.86. The van der Waals surface area contributed by atoms with Crippen molar-refractivity contribution in [3.63, 3.8) is 0 Å². The van der Waals surface area contributed by atoms with Crippen molar-refractivity contribution in [3.05, 3.63) is 57.5 Å². The summed E-state index contributed by atoms with van der Waals surface area (Å²) in [5, 5.41) is 14.0. The smallest absolute Gasteiger partial charge is 0.416 e. The minimum atomic E-state index is -4.46. The third kappa shape index (κ3) is 4.28. The van der Waals surface area contributed by atoms with E-state index in [1.54, 1.807) is 13.0 Å². The minimum absolute atomic E-state index is 0.0315. The molecule has 6 nitrogen and oxygen atoms in total. The second-order valence-corrected chi connectivity index (χ2v) is 7.18. The summed E-state index contributed by atoms with van der Waals surface area (Å²) in [6, 6.07) is 5.18. The van der Waals surface area contributed by atoms with Crippen molar-refractivity contribution >= 4 is 5.97 Å². The molecule has 1 saturated carbocycles. The summed E-state index contributed by atoms with van der Waals surface area (Å²) in [5.74, 6) is -1.62. The van der Waals surface area contributed by atoms with Crippen LogP contribution >= 0.6 is 0 Å². The summed E-state index contributed by atoms with van der Waals surface area (Å²) >= 11 is 0. The Labute approximate surface area is 164 Å². The van der Waals surface area contributed by atoms with Crippen molar-refractivity contribution < 1.29 is 27.8 Å². The molecule has 1 N–H and O–H groups in total. The fraction of sp³-hybridized carbons (Fsp3) is 0.450. The first-order chi connectivity index (χ1) is 13.7. The van der Waals surface area contributed by atoms with E-state index < -0.39 is 40.0 Å². The van der Waals surface area contributed by atoms with Gasteiger partial charge in [-0.25, -0.2) is 4.79 Å². The quantitative estimate of drug-likeness (QED) is 0.761. The van der Waals surface area contributed by atoms with Gasteiger partial charge in [-0.2, -0.15) is 18.3 Å². The number of aromatic nitrogens is 2. The van der Waals surface area contributed by atoms with Crippen LogP contribution in [0, 0.1) is 0 Å². The number of hydrogen-bond donors (Lipinski definition) is 1. The highest BCUT2D eigenvalue weighted by Gasteiger charge is 2.39. The van der Waals surface area contributed by atoms with Gasteiger partial charge in [0.15, 0.2) is 5.75 Å². The van der Waals surface area contributed by atoms with E-state index in [0.717, 1.165) is 31.2 Å². The van der Waals surface area contributed by atoms with Crippen LogP contribution in [0.25, 0.3) is 0 Å². The Morgan fingerprint density at radius 3 is 2.62 bits per heavy atom. The molecule has 1 heterocycles. The van der Waals surface area contributed by atoms with E-state index in [1.165, 1.54) is 10.7 Å². The lowest BCUT2D eigenvalue weighted by atomic mass is 9.78. The zero-order chi connectivity index (χ0) is 21.2. The SMILES string of the molecule is CCOC(=O)c1nn(CC2(c3cccc(C(F)(F)F)c3)CCCC2)cc(O)c1=O. The molecule has 1 aliphatic rings. The number of aromatic hydroxyl groups is 1. The lowest BCUT2D eigenvalue weighted by Gasteiger charge is -2.31. The van der Waals surface area contributed by atoms with Crippen LogP contribution in [0.4, 0.5) is 13.2 Å². The van der Waals surface area contributed by atoms with E-state index in [9.17, 15) is 27.9 Å². The maximum Gasteiger partial charge on any atom is 0.416 e. The summed E-state index contributed by atoms with van der Waals surface area (Å²) in [6.45, 7) is 1.72. The predicted molar refractivity (Wildman–Crippen MR) is 97.7 cm³/mol. The molecule has 2 aromatic rings. The molecule has 0 saturated heterocycles. The van der Waals surface area contributed by atoms with E-state index in [0.29, 0.717) is 18.4 Å². The highest BCUT2D eigenvalue weighted by molar-refractivity contribution is 5.87. The van der Waals surface area contributed by atoms with Crippen molar-refractivity contribution in [2.45, 2.75) is 50.7 Å². The Balaban J connectivity index is 2.02. The molecule has 156 valence electrons. The molecule has 0 atom stereocenters. The fourth-order valence-corrected chi connectivity index (χ4v) is 3.86. The predicted octanol–water partition coefficient (Wildman–Crippen LogP) is 3.66. The Bertz CT molecular complexity index is 963. The Hall–Kier alpha value is -2.84. The normalized spacial score (nSPS) is 16.0. The van der Waals surface area contributed by atoms with Crippen LogP contribution in [0.2, 0.25) is 0 Å². The van der Waals surface area contributed by atoms with Crippen molar-refractivity contribution in [2.24, 2.45) is 0 Å². The lowest BCUT2D eigenvalue weighted by Crippen LogP contribution is -2.32. The van der Waals surface area contributed by atoms with Crippen molar-refractivity contribution in [3.8, 4) is 5.75 Å². The van der Waals surface area contributed by atoms with Crippen LogP contribution in [0.1, 0.15) is 54.2 Å². The first-order valence-corrected chi connectivity index (χ1v) is 9.32. The van der Waals surface area contributed by atoms with Gasteiger partial charge in [-0.05, 0) is 31.4 Å². The highest BCUT2D eigenvalue weighted by Crippen LogP contribution is 2.44. The number of esters is 1. The molecule has 0 amide bonds. The van der Waals surface area contributed by atoms with Crippen molar-refractivity contribution in [1.29, 1.82) is 0 Å². The van der Waals surface area contributed by atoms with Gasteiger partial charge in [-0.15, -0.1) is 0 Å². The summed E-state index contributed by atoms with van der Waals surface area (Å²) in [7, 11) is 0. The van der Waals surface area contributed by atoms with Gasteiger partial charge in [-0.1, -0.05) is 31.0 Å². The minimum Gasteiger partial charge on any atom is -0.503 e. The van der Waals surface area contributed by atoms with Gasteiger partial charge in [0.1, 0.15) is 0 Å². The average Bonchev–Trinajstić information content (AvgIpc) is 3.14. The number of hydrogen-bond acceptors (Lipinski definition) is 5. The molecule has 1 aromatic heterocycles. The number of halogens is 3. The van der Waals surface area contributed by atoms with Gasteiger partial charge in [0, 0.05) is 5.41 Å². The number of carbonyl (C=O) groups is 1. The van der Waals surface area contributed by atoms with Gasteiger partial charge in [0.25, 0.3) is 5.43 Å². The molecular formula is C20H21F3N2O4. The Morgan fingerprint density at radius 2 is 2.00 bits per heavy atom. The van der Waals surface area contributed by atoms with Gasteiger partial charge >= 0.3 is 12.1 Å². The van der Waals surface area contributed by atoms with Crippen LogP contribution in [0.3, 0.4) is 0 Å². The molecule has 9 heteroatoms. The molecule has 29 heavy (non-hydrogen) atoms. The van der Waals surface area contributed by atoms with E-state index in [-0.39, 0.29) is 13.2 Å². The number of carbonyl (C=O) groups excluding carboxylic acids is 1. The monoisotopic (exact) mass is 410 g/mol. The summed E-state index contributed by atoms with van der Waals surface area (Å²) < 4.78 is 45.6. The van der Waals surface area contributed by atoms with Crippen molar-refractivity contribution in [1.82, 2.24) is 9.78 Å². The Morgan fingerprint density at radius 1 is 1.31 bits per heavy atom. The number of alkyl halides is 3. The molecule has 0 spiro atoms. The molecule has 1 fully saturated rings. The molecule has 0 unspecified atom stereocenters. The standard InChI is InChI=1S/C20H21F3N2O4/c1-2-29-18(28)16-17(27)15(26)11-25(24-16)12-19(8-3-4-9-19)13-6-5-7-14(10-13)20(21,22)23/h5-7,10-11,26H,2-4,8-9,12H2,1H3. The van der Waals surface area contributed by atoms with Crippen LogP contribution in [-0.4, -0.2) is 27.5 Å². The summed E-state index contributed by atoms with van der Waals surface area (Å²) in [5.41, 5.74) is -2.36. The van der Waals surface area contributed by atoms with Crippen LogP contribution < -0.4 is 5.43 Å². The molecular weight excluding hydrogens is 389 g/mol. The zero-order valence-corrected chi connectivity index (χ0v) is 15.8. The van der Waals surface area contributed by atoms with Crippen LogP contribution in [0.15, 0.2) is 35.3 Å². The van der Waals surface area contributed by atoms with Gasteiger partial charge in [0.2, 0.25) is 5.69 Å². The van der Waals surface area contributed by atoms with E-state index in [2.05, 4.69) is 5.10 Å².